The van der Waals surface area contributed by atoms with Crippen LogP contribution in [0.3, 0.4) is 0 Å². The molecule has 1 nitrogen and oxygen atoms in total. The van der Waals surface area contributed by atoms with Crippen LogP contribution >= 0.6 is 0 Å². The summed E-state index contributed by atoms with van der Waals surface area (Å²) in [6, 6.07) is 33.1. The molecule has 1 aliphatic carbocycles. The van der Waals surface area contributed by atoms with Crippen LogP contribution in [0.4, 0.5) is 17.1 Å². The summed E-state index contributed by atoms with van der Waals surface area (Å²) in [5.74, 6) is 0. The van der Waals surface area contributed by atoms with Gasteiger partial charge in [0.15, 0.2) is 0 Å². The molecule has 4 aromatic carbocycles. The SMILES string of the molecule is Cc1ccc(N(c2ccc(C)cc2)c2cccc3c2Cc2ccccc2-3)cc1. The summed E-state index contributed by atoms with van der Waals surface area (Å²) in [5, 5.41) is 0. The Balaban J connectivity index is 1.71. The summed E-state index contributed by atoms with van der Waals surface area (Å²) >= 11 is 0. The maximum Gasteiger partial charge on any atom is 0.0503 e. The summed E-state index contributed by atoms with van der Waals surface area (Å²) in [4.78, 5) is 2.39. The van der Waals surface area contributed by atoms with Crippen LogP contribution in [0.25, 0.3) is 11.1 Å². The molecule has 0 bridgehead atoms. The van der Waals surface area contributed by atoms with Crippen molar-refractivity contribution in [3.05, 3.63) is 113 Å². The van der Waals surface area contributed by atoms with Crippen LogP contribution in [0, 0.1) is 13.8 Å². The van der Waals surface area contributed by atoms with Gasteiger partial charge in [0.25, 0.3) is 0 Å². The van der Waals surface area contributed by atoms with Crippen molar-refractivity contribution in [2.75, 3.05) is 4.90 Å². The van der Waals surface area contributed by atoms with Crippen molar-refractivity contribution >= 4 is 17.1 Å². The molecule has 0 aromatic heterocycles. The van der Waals surface area contributed by atoms with Gasteiger partial charge in [0, 0.05) is 17.8 Å². The largest absolute Gasteiger partial charge is 0.310 e. The Bertz CT molecular complexity index is 1090. The average Bonchev–Trinajstić information content (AvgIpc) is 3.11. The van der Waals surface area contributed by atoms with Crippen molar-refractivity contribution < 1.29 is 0 Å². The summed E-state index contributed by atoms with van der Waals surface area (Å²) in [5.41, 5.74) is 11.8. The van der Waals surface area contributed by atoms with Gasteiger partial charge in [-0.15, -0.1) is 0 Å². The van der Waals surface area contributed by atoms with E-state index in [4.69, 9.17) is 0 Å². The second-order valence-electron chi connectivity index (χ2n) is 7.64. The molecule has 28 heavy (non-hydrogen) atoms. The van der Waals surface area contributed by atoms with Crippen molar-refractivity contribution in [1.82, 2.24) is 0 Å². The highest BCUT2D eigenvalue weighted by Gasteiger charge is 2.24. The van der Waals surface area contributed by atoms with Gasteiger partial charge in [-0.25, -0.2) is 0 Å². The summed E-state index contributed by atoms with van der Waals surface area (Å²) in [6.07, 6.45) is 0.982. The first-order chi connectivity index (χ1) is 13.7. The second-order valence-corrected chi connectivity index (χ2v) is 7.64. The summed E-state index contributed by atoms with van der Waals surface area (Å²) < 4.78 is 0. The van der Waals surface area contributed by atoms with E-state index in [1.807, 2.05) is 0 Å². The molecule has 0 aliphatic heterocycles. The van der Waals surface area contributed by atoms with Crippen molar-refractivity contribution in [2.45, 2.75) is 20.3 Å². The van der Waals surface area contributed by atoms with Gasteiger partial charge in [-0.05, 0) is 66.4 Å². The molecular weight excluding hydrogens is 338 g/mol. The lowest BCUT2D eigenvalue weighted by molar-refractivity contribution is 1.19. The van der Waals surface area contributed by atoms with Crippen LogP contribution in [0.15, 0.2) is 91.0 Å². The smallest absolute Gasteiger partial charge is 0.0503 e. The standard InChI is InChI=1S/C27H23N/c1-19-10-14-22(15-11-19)28(23-16-12-20(2)13-17-23)27-9-5-8-25-24-7-4-3-6-21(24)18-26(25)27/h3-17H,18H2,1-2H3. The highest BCUT2D eigenvalue weighted by molar-refractivity contribution is 5.87. The number of fused-ring (bicyclic) bond motifs is 3. The van der Waals surface area contributed by atoms with Crippen LogP contribution < -0.4 is 4.90 Å². The van der Waals surface area contributed by atoms with E-state index in [2.05, 4.69) is 110 Å². The van der Waals surface area contributed by atoms with Gasteiger partial charge >= 0.3 is 0 Å². The molecule has 4 aromatic rings. The fourth-order valence-electron chi connectivity index (χ4n) is 4.16. The first-order valence-corrected chi connectivity index (χ1v) is 9.84. The van der Waals surface area contributed by atoms with E-state index >= 15 is 0 Å². The molecule has 0 saturated carbocycles. The molecule has 0 radical (unpaired) electrons. The zero-order chi connectivity index (χ0) is 19.1. The lowest BCUT2D eigenvalue weighted by Gasteiger charge is -2.28. The molecule has 0 spiro atoms. The molecular formula is C27H23N. The molecule has 0 unspecified atom stereocenters. The number of benzene rings is 4. The van der Waals surface area contributed by atoms with Crippen molar-refractivity contribution in [3.8, 4) is 11.1 Å². The van der Waals surface area contributed by atoms with Crippen LogP contribution in [0.1, 0.15) is 22.3 Å². The summed E-state index contributed by atoms with van der Waals surface area (Å²) in [7, 11) is 0. The molecule has 0 N–H and O–H groups in total. The number of hydrogen-bond donors (Lipinski definition) is 0. The van der Waals surface area contributed by atoms with Crippen LogP contribution in [0.5, 0.6) is 0 Å². The molecule has 0 atom stereocenters. The molecule has 1 heteroatoms. The monoisotopic (exact) mass is 361 g/mol. The third-order valence-electron chi connectivity index (χ3n) is 5.65. The van der Waals surface area contributed by atoms with E-state index in [1.165, 1.54) is 50.4 Å². The molecule has 0 fully saturated rings. The molecule has 5 rings (SSSR count). The van der Waals surface area contributed by atoms with Crippen molar-refractivity contribution in [3.63, 3.8) is 0 Å². The quantitative estimate of drug-likeness (QED) is 0.325. The molecule has 1 aliphatic rings. The Morgan fingerprint density at radius 1 is 0.571 bits per heavy atom. The third kappa shape index (κ3) is 2.80. The number of anilines is 3. The van der Waals surface area contributed by atoms with Gasteiger partial charge in [-0.1, -0.05) is 71.8 Å². The second kappa shape index (κ2) is 6.69. The molecule has 0 heterocycles. The lowest BCUT2D eigenvalue weighted by Crippen LogP contribution is -2.12. The molecule has 136 valence electrons. The molecule has 0 saturated heterocycles. The van der Waals surface area contributed by atoms with Crippen molar-refractivity contribution in [2.24, 2.45) is 0 Å². The fraction of sp³-hybridized carbons (Fsp3) is 0.111. The Hall–Kier alpha value is -3.32. The van der Waals surface area contributed by atoms with Gasteiger partial charge in [0.2, 0.25) is 0 Å². The lowest BCUT2D eigenvalue weighted by atomic mass is 10.0. The highest BCUT2D eigenvalue weighted by Crippen LogP contribution is 2.45. The maximum atomic E-state index is 2.39. The normalized spacial score (nSPS) is 11.8. The first kappa shape index (κ1) is 16.8. The van der Waals surface area contributed by atoms with Gasteiger partial charge in [0.1, 0.15) is 0 Å². The maximum absolute atomic E-state index is 2.39. The van der Waals surface area contributed by atoms with Crippen LogP contribution in [0.2, 0.25) is 0 Å². The van der Waals surface area contributed by atoms with Crippen molar-refractivity contribution in [1.29, 1.82) is 0 Å². The zero-order valence-corrected chi connectivity index (χ0v) is 16.3. The topological polar surface area (TPSA) is 3.24 Å². The first-order valence-electron chi connectivity index (χ1n) is 9.84. The Morgan fingerprint density at radius 2 is 1.14 bits per heavy atom. The van der Waals surface area contributed by atoms with Crippen LogP contribution in [-0.4, -0.2) is 0 Å². The number of nitrogens with zero attached hydrogens (tertiary/aromatic N) is 1. The van der Waals surface area contributed by atoms with E-state index < -0.39 is 0 Å². The van der Waals surface area contributed by atoms with Gasteiger partial charge in [-0.3, -0.25) is 0 Å². The summed E-state index contributed by atoms with van der Waals surface area (Å²) in [6.45, 7) is 4.27. The van der Waals surface area contributed by atoms with E-state index in [-0.39, 0.29) is 0 Å². The molecule has 0 amide bonds. The Kier molecular flexibility index (Phi) is 4.02. The highest BCUT2D eigenvalue weighted by atomic mass is 15.1. The number of aryl methyl sites for hydroxylation is 2. The van der Waals surface area contributed by atoms with E-state index in [1.54, 1.807) is 0 Å². The van der Waals surface area contributed by atoms with Gasteiger partial charge in [0.05, 0.1) is 5.69 Å². The minimum Gasteiger partial charge on any atom is -0.310 e. The predicted molar refractivity (Wildman–Crippen MR) is 119 cm³/mol. The zero-order valence-electron chi connectivity index (χ0n) is 16.3. The minimum atomic E-state index is 0.982. The van der Waals surface area contributed by atoms with E-state index in [9.17, 15) is 0 Å². The van der Waals surface area contributed by atoms with Crippen LogP contribution in [-0.2, 0) is 6.42 Å². The van der Waals surface area contributed by atoms with Gasteiger partial charge < -0.3 is 4.90 Å². The Labute approximate surface area is 166 Å². The number of rotatable bonds is 3. The van der Waals surface area contributed by atoms with Gasteiger partial charge in [-0.2, -0.15) is 0 Å². The number of hydrogen-bond acceptors (Lipinski definition) is 1. The average molecular weight is 361 g/mol. The van der Waals surface area contributed by atoms with E-state index in [0.29, 0.717) is 0 Å². The predicted octanol–water partition coefficient (Wildman–Crippen LogP) is 7.34. The minimum absolute atomic E-state index is 0.982. The van der Waals surface area contributed by atoms with E-state index in [0.717, 1.165) is 6.42 Å². The third-order valence-corrected chi connectivity index (χ3v) is 5.65. The Morgan fingerprint density at radius 3 is 1.79 bits per heavy atom. The fourth-order valence-corrected chi connectivity index (χ4v) is 4.16.